The number of carbonyl (C=O) groups is 3. The maximum absolute atomic E-state index is 13.7. The second-order valence-corrected chi connectivity index (χ2v) is 10.3. The van der Waals surface area contributed by atoms with E-state index >= 15 is 0 Å². The van der Waals surface area contributed by atoms with Gasteiger partial charge in [-0.25, -0.2) is 9.59 Å². The quantitative estimate of drug-likeness (QED) is 0.611. The van der Waals surface area contributed by atoms with Crippen LogP contribution >= 0.6 is 0 Å². The third-order valence-corrected chi connectivity index (χ3v) is 8.32. The number of carbonyl (C=O) groups excluding carboxylic acids is 2. The van der Waals surface area contributed by atoms with Crippen LogP contribution in [0.3, 0.4) is 0 Å². The van der Waals surface area contributed by atoms with Gasteiger partial charge in [-0.2, -0.15) is 0 Å². The van der Waals surface area contributed by atoms with Crippen molar-refractivity contribution >= 4 is 18.0 Å². The van der Waals surface area contributed by atoms with Gasteiger partial charge < -0.3 is 20.1 Å². The van der Waals surface area contributed by atoms with Gasteiger partial charge in [-0.3, -0.25) is 4.79 Å². The largest absolute Gasteiger partial charge is 0.479 e. The van der Waals surface area contributed by atoms with Gasteiger partial charge in [0.25, 0.3) is 0 Å². The Morgan fingerprint density at radius 2 is 1.57 bits per heavy atom. The van der Waals surface area contributed by atoms with E-state index in [1.165, 1.54) is 4.90 Å². The van der Waals surface area contributed by atoms with Crippen LogP contribution in [0, 0.1) is 5.92 Å². The van der Waals surface area contributed by atoms with Crippen molar-refractivity contribution in [1.29, 1.82) is 0 Å². The number of hydrogen-bond donors (Lipinski definition) is 2. The third-order valence-electron chi connectivity index (χ3n) is 8.32. The number of hydrogen-bond acceptors (Lipinski definition) is 4. The highest BCUT2D eigenvalue weighted by molar-refractivity contribution is 5.94. The van der Waals surface area contributed by atoms with E-state index < -0.39 is 23.1 Å². The molecule has 1 unspecified atom stereocenters. The van der Waals surface area contributed by atoms with Crippen LogP contribution < -0.4 is 5.32 Å². The van der Waals surface area contributed by atoms with Gasteiger partial charge in [0.05, 0.1) is 0 Å². The zero-order valence-electron chi connectivity index (χ0n) is 20.3. The molecular formula is C28H32N2O5. The second-order valence-electron chi connectivity index (χ2n) is 10.3. The fourth-order valence-electron chi connectivity index (χ4n) is 6.03. The first-order valence-electron chi connectivity index (χ1n) is 12.4. The van der Waals surface area contributed by atoms with Gasteiger partial charge in [-0.15, -0.1) is 0 Å². The molecule has 0 bridgehead atoms. The summed E-state index contributed by atoms with van der Waals surface area (Å²) >= 11 is 0. The molecule has 5 rings (SSSR count). The second kappa shape index (κ2) is 8.70. The topological polar surface area (TPSA) is 95.9 Å². The van der Waals surface area contributed by atoms with Crippen molar-refractivity contribution in [3.8, 4) is 11.1 Å². The SMILES string of the molecule is CN(C(=O)C(C)(NC(=O)OCC1c2ccccc2-c2ccccc21)C1CC1)C1(C(=O)O)CCCC1. The molecule has 0 radical (unpaired) electrons. The summed E-state index contributed by atoms with van der Waals surface area (Å²) in [6.45, 7) is 1.86. The molecule has 35 heavy (non-hydrogen) atoms. The van der Waals surface area contributed by atoms with Gasteiger partial charge in [0.1, 0.15) is 17.7 Å². The Kier molecular flexibility index (Phi) is 5.82. The van der Waals surface area contributed by atoms with Gasteiger partial charge in [0, 0.05) is 13.0 Å². The molecule has 2 amide bonds. The maximum atomic E-state index is 13.7. The summed E-state index contributed by atoms with van der Waals surface area (Å²) in [7, 11) is 1.56. The first kappa shape index (κ1) is 23.4. The summed E-state index contributed by atoms with van der Waals surface area (Å²) in [5, 5.41) is 12.8. The van der Waals surface area contributed by atoms with E-state index in [0.717, 1.165) is 47.9 Å². The molecule has 0 aliphatic heterocycles. The Balaban J connectivity index is 1.31. The lowest BCUT2D eigenvalue weighted by Crippen LogP contribution is -2.64. The predicted octanol–water partition coefficient (Wildman–Crippen LogP) is 4.55. The van der Waals surface area contributed by atoms with Gasteiger partial charge in [-0.1, -0.05) is 61.4 Å². The molecule has 0 spiro atoms. The van der Waals surface area contributed by atoms with Crippen molar-refractivity contribution in [3.63, 3.8) is 0 Å². The van der Waals surface area contributed by atoms with Gasteiger partial charge >= 0.3 is 12.1 Å². The van der Waals surface area contributed by atoms with Gasteiger partial charge in [-0.05, 0) is 60.8 Å². The number of carboxylic acid groups (broad SMARTS) is 1. The predicted molar refractivity (Wildman–Crippen MR) is 131 cm³/mol. The Labute approximate surface area is 205 Å². The summed E-state index contributed by atoms with van der Waals surface area (Å²) in [5.41, 5.74) is 2.11. The van der Waals surface area contributed by atoms with Crippen LogP contribution in [0.25, 0.3) is 11.1 Å². The van der Waals surface area contributed by atoms with E-state index in [2.05, 4.69) is 29.6 Å². The normalized spacial score (nSPS) is 19.8. The number of rotatable bonds is 7. The average molecular weight is 477 g/mol. The van der Waals surface area contributed by atoms with E-state index in [1.807, 2.05) is 24.3 Å². The van der Waals surface area contributed by atoms with Crippen LogP contribution in [0.15, 0.2) is 48.5 Å². The molecule has 1 atom stereocenters. The number of amides is 2. The number of nitrogens with zero attached hydrogens (tertiary/aromatic N) is 1. The molecule has 7 heteroatoms. The smallest absolute Gasteiger partial charge is 0.408 e. The third kappa shape index (κ3) is 3.87. The fraction of sp³-hybridized carbons (Fsp3) is 0.464. The number of alkyl carbamates (subject to hydrolysis) is 1. The van der Waals surface area contributed by atoms with Crippen molar-refractivity contribution in [2.75, 3.05) is 13.7 Å². The maximum Gasteiger partial charge on any atom is 0.408 e. The molecule has 3 aliphatic rings. The summed E-state index contributed by atoms with van der Waals surface area (Å²) in [6.07, 6.45) is 3.35. The monoisotopic (exact) mass is 476 g/mol. The molecule has 0 heterocycles. The standard InChI is InChI=1S/C28H32N2O5/c1-27(18-13-14-18,24(31)30(2)28(25(32)33)15-7-8-16-28)29-26(34)35-17-23-21-11-5-3-9-19(21)20-10-4-6-12-22(20)23/h3-6,9-12,18,23H,7-8,13-17H2,1-2H3,(H,29,34)(H,32,33). The molecule has 3 aliphatic carbocycles. The van der Waals surface area contributed by atoms with Crippen molar-refractivity contribution in [2.45, 2.75) is 62.4 Å². The van der Waals surface area contributed by atoms with Crippen LogP contribution in [0.5, 0.6) is 0 Å². The minimum atomic E-state index is -1.21. The van der Waals surface area contributed by atoms with E-state index in [1.54, 1.807) is 14.0 Å². The van der Waals surface area contributed by atoms with Crippen molar-refractivity contribution in [3.05, 3.63) is 59.7 Å². The summed E-state index contributed by atoms with van der Waals surface area (Å²) in [6, 6.07) is 16.2. The average Bonchev–Trinajstić information content (AvgIpc) is 3.51. The first-order chi connectivity index (χ1) is 16.8. The Morgan fingerprint density at radius 1 is 1.03 bits per heavy atom. The summed E-state index contributed by atoms with van der Waals surface area (Å²) < 4.78 is 5.70. The van der Waals surface area contributed by atoms with Crippen LogP contribution in [-0.4, -0.2) is 52.7 Å². The van der Waals surface area contributed by atoms with E-state index in [-0.39, 0.29) is 24.3 Å². The minimum Gasteiger partial charge on any atom is -0.479 e. The zero-order chi connectivity index (χ0) is 24.8. The number of fused-ring (bicyclic) bond motifs is 3. The summed E-state index contributed by atoms with van der Waals surface area (Å²) in [5.74, 6) is -1.46. The van der Waals surface area contributed by atoms with E-state index in [4.69, 9.17) is 4.74 Å². The lowest BCUT2D eigenvalue weighted by Gasteiger charge is -2.41. The number of aliphatic carboxylic acids is 1. The minimum absolute atomic E-state index is 0.0369. The molecule has 7 nitrogen and oxygen atoms in total. The Bertz CT molecular complexity index is 1120. The molecule has 2 aromatic rings. The number of nitrogens with one attached hydrogen (secondary N) is 1. The first-order valence-corrected chi connectivity index (χ1v) is 12.4. The summed E-state index contributed by atoms with van der Waals surface area (Å²) in [4.78, 5) is 40.2. The van der Waals surface area contributed by atoms with E-state index in [0.29, 0.717) is 12.8 Å². The fourth-order valence-corrected chi connectivity index (χ4v) is 6.03. The van der Waals surface area contributed by atoms with Crippen LogP contribution in [-0.2, 0) is 14.3 Å². The molecule has 2 fully saturated rings. The van der Waals surface area contributed by atoms with Crippen molar-refractivity contribution in [2.24, 2.45) is 5.92 Å². The highest BCUT2D eigenvalue weighted by Gasteiger charge is 2.55. The molecule has 0 saturated heterocycles. The molecule has 2 saturated carbocycles. The molecular weight excluding hydrogens is 444 g/mol. The van der Waals surface area contributed by atoms with Gasteiger partial charge in [0.2, 0.25) is 5.91 Å². The zero-order valence-corrected chi connectivity index (χ0v) is 20.3. The van der Waals surface area contributed by atoms with Crippen molar-refractivity contribution in [1.82, 2.24) is 10.2 Å². The molecule has 2 N–H and O–H groups in total. The molecule has 2 aromatic carbocycles. The van der Waals surface area contributed by atoms with Crippen LogP contribution in [0.4, 0.5) is 4.79 Å². The Morgan fingerprint density at radius 3 is 2.09 bits per heavy atom. The Hall–Kier alpha value is -3.35. The van der Waals surface area contributed by atoms with Crippen LogP contribution in [0.1, 0.15) is 62.5 Å². The number of carboxylic acids is 1. The van der Waals surface area contributed by atoms with Gasteiger partial charge in [0.15, 0.2) is 0 Å². The number of benzene rings is 2. The highest BCUT2D eigenvalue weighted by atomic mass is 16.5. The molecule has 0 aromatic heterocycles. The van der Waals surface area contributed by atoms with Crippen molar-refractivity contribution < 1.29 is 24.2 Å². The lowest BCUT2D eigenvalue weighted by atomic mass is 9.89. The van der Waals surface area contributed by atoms with Crippen LogP contribution in [0.2, 0.25) is 0 Å². The van der Waals surface area contributed by atoms with E-state index in [9.17, 15) is 19.5 Å². The number of ether oxygens (including phenoxy) is 1. The molecule has 184 valence electrons. The number of likely N-dealkylation sites (N-methyl/N-ethyl adjacent to an activating group) is 1. The lowest BCUT2D eigenvalue weighted by molar-refractivity contribution is -0.160. The highest BCUT2D eigenvalue weighted by Crippen LogP contribution is 2.45.